The van der Waals surface area contributed by atoms with Gasteiger partial charge in [0.25, 0.3) is 11.8 Å². The Morgan fingerprint density at radius 1 is 1.36 bits per heavy atom. The van der Waals surface area contributed by atoms with Crippen LogP contribution in [0.25, 0.3) is 11.5 Å². The maximum Gasteiger partial charge on any atom is 0.270 e. The highest BCUT2D eigenvalue weighted by atomic mass is 19.1. The highest BCUT2D eigenvalue weighted by molar-refractivity contribution is 5.93. The first-order chi connectivity index (χ1) is 11.8. The highest BCUT2D eigenvalue weighted by Crippen LogP contribution is 2.23. The Morgan fingerprint density at radius 3 is 2.60 bits per heavy atom. The molecule has 25 heavy (non-hydrogen) atoms. The van der Waals surface area contributed by atoms with Gasteiger partial charge in [-0.05, 0) is 29.4 Å². The molecule has 1 amide bonds. The molecule has 0 atom stereocenters. The molecule has 1 aromatic carbocycles. The molecule has 0 saturated heterocycles. The average Bonchev–Trinajstić information content (AvgIpc) is 3.04. The summed E-state index contributed by atoms with van der Waals surface area (Å²) >= 11 is 0. The summed E-state index contributed by atoms with van der Waals surface area (Å²) in [4.78, 5) is 16.1. The van der Waals surface area contributed by atoms with Gasteiger partial charge in [-0.15, -0.1) is 0 Å². The van der Waals surface area contributed by atoms with E-state index in [-0.39, 0.29) is 30.9 Å². The largest absolute Gasteiger partial charge is 0.489 e. The van der Waals surface area contributed by atoms with Crippen LogP contribution in [-0.2, 0) is 4.79 Å². The van der Waals surface area contributed by atoms with Crippen LogP contribution in [-0.4, -0.2) is 29.2 Å². The number of nitrogens with one attached hydrogen (secondary N) is 1. The van der Waals surface area contributed by atoms with E-state index in [1.54, 1.807) is 45.0 Å². The molecule has 0 saturated carbocycles. The van der Waals surface area contributed by atoms with E-state index in [4.69, 9.17) is 15.0 Å². The summed E-state index contributed by atoms with van der Waals surface area (Å²) in [6.07, 6.45) is 0.445. The summed E-state index contributed by atoms with van der Waals surface area (Å²) in [5.74, 6) is 0.718. The van der Waals surface area contributed by atoms with E-state index in [0.29, 0.717) is 23.2 Å². The lowest BCUT2D eigenvalue weighted by molar-refractivity contribution is -0.123. The van der Waals surface area contributed by atoms with Gasteiger partial charge in [0, 0.05) is 23.1 Å². The van der Waals surface area contributed by atoms with Gasteiger partial charge in [-0.1, -0.05) is 20.8 Å². The zero-order valence-electron chi connectivity index (χ0n) is 14.4. The van der Waals surface area contributed by atoms with Crippen LogP contribution in [0.1, 0.15) is 20.8 Å². The second-order valence-electron chi connectivity index (χ2n) is 6.41. The Balaban J connectivity index is 2.02. The van der Waals surface area contributed by atoms with E-state index in [1.807, 2.05) is 0 Å². The molecule has 134 valence electrons. The van der Waals surface area contributed by atoms with E-state index >= 15 is 0 Å². The molecule has 0 radical (unpaired) electrons. The quantitative estimate of drug-likeness (QED) is 0.832. The number of hydrogen-bond donors (Lipinski definition) is 2. The molecule has 1 aromatic heterocycles. The van der Waals surface area contributed by atoms with E-state index in [2.05, 4.69) is 15.5 Å². The number of aromatic nitrogens is 2. The summed E-state index contributed by atoms with van der Waals surface area (Å²) in [6.45, 7) is 5.54. The monoisotopic (exact) mass is 348 g/mol. The number of carbonyl (C=O) groups is 1. The number of nitrogens with two attached hydrogens (primary N) is 1. The molecule has 3 N–H and O–H groups in total. The van der Waals surface area contributed by atoms with Crippen molar-refractivity contribution >= 4 is 11.9 Å². The molecular formula is C17H21FN4O3. The molecular weight excluding hydrogens is 327 g/mol. The summed E-state index contributed by atoms with van der Waals surface area (Å²) in [6, 6.07) is 6.83. The Morgan fingerprint density at radius 2 is 2.04 bits per heavy atom. The molecule has 0 unspecified atom stereocenters. The number of halogens is 1. The molecule has 1 heterocycles. The summed E-state index contributed by atoms with van der Waals surface area (Å²) in [5.41, 5.74) is 5.83. The van der Waals surface area contributed by atoms with Crippen molar-refractivity contribution in [3.05, 3.63) is 36.2 Å². The number of anilines is 1. The van der Waals surface area contributed by atoms with Gasteiger partial charge in [-0.2, -0.15) is 4.98 Å². The van der Waals surface area contributed by atoms with Crippen LogP contribution in [0.2, 0.25) is 0 Å². The number of hydrogen-bond acceptors (Lipinski definition) is 6. The third kappa shape index (κ3) is 5.12. The van der Waals surface area contributed by atoms with Crippen LogP contribution in [0.5, 0.6) is 5.75 Å². The fraction of sp³-hybridized carbons (Fsp3) is 0.353. The molecule has 2 aromatic rings. The number of ether oxygens (including phenoxy) is 1. The molecule has 8 heteroatoms. The van der Waals surface area contributed by atoms with Crippen LogP contribution in [0.4, 0.5) is 10.3 Å². The summed E-state index contributed by atoms with van der Waals surface area (Å²) in [7, 11) is 0. The van der Waals surface area contributed by atoms with Gasteiger partial charge in [0.2, 0.25) is 5.91 Å². The summed E-state index contributed by atoms with van der Waals surface area (Å²) in [5, 5.41) is 6.33. The average molecular weight is 348 g/mol. The maximum absolute atomic E-state index is 12.4. The molecule has 0 aliphatic heterocycles. The molecule has 0 fully saturated rings. The van der Waals surface area contributed by atoms with Gasteiger partial charge < -0.3 is 15.0 Å². The zero-order chi connectivity index (χ0) is 18.4. The van der Waals surface area contributed by atoms with Crippen molar-refractivity contribution in [3.8, 4) is 17.2 Å². The number of rotatable bonds is 6. The fourth-order valence-corrected chi connectivity index (χ4v) is 1.69. The molecule has 0 aliphatic carbocycles. The minimum Gasteiger partial charge on any atom is -0.489 e. The van der Waals surface area contributed by atoms with Gasteiger partial charge >= 0.3 is 0 Å². The van der Waals surface area contributed by atoms with E-state index in [9.17, 15) is 9.18 Å². The molecule has 7 nitrogen and oxygen atoms in total. The molecule has 0 aliphatic rings. The normalized spacial score (nSPS) is 12.1. The minimum absolute atomic E-state index is 0.0793. The predicted octanol–water partition coefficient (Wildman–Crippen LogP) is 2.91. The Labute approximate surface area is 145 Å². The third-order valence-electron chi connectivity index (χ3n) is 3.27. The van der Waals surface area contributed by atoms with Crippen LogP contribution in [0.15, 0.2) is 40.7 Å². The standard InChI is InChI=1S/C17H21FN4O3/c1-17(2,3)15(23)21-16-20-14(25-22-16)12-4-6-13(7-5-12)24-10-11(8-18)9-19/h4-8H,9-10,19H2,1-3H3,(H,21,22,23)/b11-8-. The first kappa shape index (κ1) is 18.6. The SMILES string of the molecule is CC(C)(C)C(=O)Nc1noc(-c2ccc(OC/C(=C\F)CN)cc2)n1. The molecule has 0 bridgehead atoms. The lowest BCUT2D eigenvalue weighted by Crippen LogP contribution is -2.28. The van der Waals surface area contributed by atoms with Gasteiger partial charge in [-0.3, -0.25) is 10.1 Å². The highest BCUT2D eigenvalue weighted by Gasteiger charge is 2.23. The van der Waals surface area contributed by atoms with Gasteiger partial charge in [0.05, 0.1) is 6.33 Å². The Hall–Kier alpha value is -2.74. The first-order valence-electron chi connectivity index (χ1n) is 7.70. The Bertz CT molecular complexity index is 748. The number of benzene rings is 1. The van der Waals surface area contributed by atoms with Gasteiger partial charge in [0.1, 0.15) is 12.4 Å². The van der Waals surface area contributed by atoms with Crippen molar-refractivity contribution in [1.82, 2.24) is 10.1 Å². The minimum atomic E-state index is -0.559. The van der Waals surface area contributed by atoms with E-state index in [0.717, 1.165) is 0 Å². The number of amides is 1. The van der Waals surface area contributed by atoms with Crippen LogP contribution >= 0.6 is 0 Å². The van der Waals surface area contributed by atoms with Crippen molar-refractivity contribution in [2.24, 2.45) is 11.1 Å². The van der Waals surface area contributed by atoms with Gasteiger partial charge in [-0.25, -0.2) is 4.39 Å². The molecule has 0 spiro atoms. The van der Waals surface area contributed by atoms with E-state index in [1.165, 1.54) is 0 Å². The lowest BCUT2D eigenvalue weighted by atomic mass is 9.96. The van der Waals surface area contributed by atoms with Crippen LogP contribution < -0.4 is 15.8 Å². The lowest BCUT2D eigenvalue weighted by Gasteiger charge is -2.15. The first-order valence-corrected chi connectivity index (χ1v) is 7.70. The number of nitrogens with zero attached hydrogens (tertiary/aromatic N) is 2. The predicted molar refractivity (Wildman–Crippen MR) is 91.6 cm³/mol. The van der Waals surface area contributed by atoms with Crippen molar-refractivity contribution in [2.45, 2.75) is 20.8 Å². The van der Waals surface area contributed by atoms with Crippen LogP contribution in [0.3, 0.4) is 0 Å². The number of carbonyl (C=O) groups excluding carboxylic acids is 1. The van der Waals surface area contributed by atoms with Crippen LogP contribution in [0, 0.1) is 5.41 Å². The topological polar surface area (TPSA) is 103 Å². The van der Waals surface area contributed by atoms with Crippen molar-refractivity contribution in [2.75, 3.05) is 18.5 Å². The second-order valence-corrected chi connectivity index (χ2v) is 6.41. The third-order valence-corrected chi connectivity index (χ3v) is 3.27. The van der Waals surface area contributed by atoms with E-state index < -0.39 is 5.41 Å². The summed E-state index contributed by atoms with van der Waals surface area (Å²) < 4.78 is 23.0. The Kier molecular flexibility index (Phi) is 5.87. The van der Waals surface area contributed by atoms with Crippen molar-refractivity contribution < 1.29 is 18.4 Å². The maximum atomic E-state index is 12.4. The van der Waals surface area contributed by atoms with Gasteiger partial charge in [0.15, 0.2) is 0 Å². The second kappa shape index (κ2) is 7.89. The van der Waals surface area contributed by atoms with Crippen molar-refractivity contribution in [1.29, 1.82) is 0 Å². The zero-order valence-corrected chi connectivity index (χ0v) is 14.4. The molecule has 2 rings (SSSR count). The van der Waals surface area contributed by atoms with Crippen molar-refractivity contribution in [3.63, 3.8) is 0 Å². The smallest absolute Gasteiger partial charge is 0.270 e. The fourth-order valence-electron chi connectivity index (χ4n) is 1.69.